The van der Waals surface area contributed by atoms with Crippen LogP contribution in [0.15, 0.2) is 66.6 Å². The number of aromatic nitrogens is 5. The lowest BCUT2D eigenvalue weighted by atomic mass is 10.1. The molecule has 2 N–H and O–H groups in total. The number of morpholine rings is 1. The number of nitrogen functional groups attached to an aromatic ring is 1. The Morgan fingerprint density at radius 1 is 0.974 bits per heavy atom. The van der Waals surface area contributed by atoms with E-state index in [1.54, 1.807) is 16.8 Å². The fourth-order valence-electron chi connectivity index (χ4n) is 4.36. The number of thiazole rings is 1. The summed E-state index contributed by atoms with van der Waals surface area (Å²) in [7, 11) is 0. The summed E-state index contributed by atoms with van der Waals surface area (Å²) >= 11 is 1.56. The molecule has 0 atom stereocenters. The molecule has 1 saturated heterocycles. The van der Waals surface area contributed by atoms with E-state index >= 15 is 0 Å². The van der Waals surface area contributed by atoms with Gasteiger partial charge in [0.05, 0.1) is 35.5 Å². The minimum absolute atomic E-state index is 0.415. The quantitative estimate of drug-likeness (QED) is 0.300. The van der Waals surface area contributed by atoms with E-state index in [2.05, 4.69) is 19.9 Å². The highest BCUT2D eigenvalue weighted by molar-refractivity contribution is 7.09. The lowest BCUT2D eigenvalue weighted by molar-refractivity contribution is 0.0361. The Morgan fingerprint density at radius 2 is 1.82 bits per heavy atom. The minimum atomic E-state index is 0.415. The van der Waals surface area contributed by atoms with Crippen LogP contribution in [-0.4, -0.2) is 62.5 Å². The molecule has 10 nitrogen and oxygen atoms in total. The minimum Gasteiger partial charge on any atom is -0.488 e. The van der Waals surface area contributed by atoms with E-state index in [1.807, 2.05) is 59.4 Å². The number of nitrogens with two attached hydrogens (primary N) is 1. The number of rotatable bonds is 9. The number of nitrogens with zero attached hydrogens (tertiary/aromatic N) is 6. The monoisotopic (exact) mass is 529 g/mol. The average Bonchev–Trinajstić information content (AvgIpc) is 3.61. The van der Waals surface area contributed by atoms with Crippen LogP contribution in [0, 0.1) is 0 Å². The van der Waals surface area contributed by atoms with Crippen LogP contribution in [-0.2, 0) is 17.9 Å². The van der Waals surface area contributed by atoms with Crippen LogP contribution < -0.4 is 15.2 Å². The van der Waals surface area contributed by atoms with Crippen molar-refractivity contribution in [3.05, 3.63) is 71.4 Å². The van der Waals surface area contributed by atoms with Gasteiger partial charge in [0.25, 0.3) is 0 Å². The molecule has 1 aliphatic rings. The first-order valence-corrected chi connectivity index (χ1v) is 13.3. The Kier molecular flexibility index (Phi) is 7.12. The van der Waals surface area contributed by atoms with Crippen LogP contribution in [0.5, 0.6) is 17.2 Å². The highest BCUT2D eigenvalue weighted by Gasteiger charge is 2.18. The van der Waals surface area contributed by atoms with Crippen molar-refractivity contribution in [2.24, 2.45) is 0 Å². The molecule has 1 fully saturated rings. The van der Waals surface area contributed by atoms with Crippen molar-refractivity contribution < 1.29 is 14.2 Å². The second-order valence-electron chi connectivity index (χ2n) is 8.84. The Bertz CT molecular complexity index is 1500. The van der Waals surface area contributed by atoms with Gasteiger partial charge in [0.1, 0.15) is 41.7 Å². The van der Waals surface area contributed by atoms with Crippen LogP contribution in [0.25, 0.3) is 22.3 Å². The smallest absolute Gasteiger partial charge is 0.164 e. The third kappa shape index (κ3) is 5.44. The summed E-state index contributed by atoms with van der Waals surface area (Å²) in [4.78, 5) is 16.2. The molecule has 0 radical (unpaired) electrons. The van der Waals surface area contributed by atoms with Gasteiger partial charge in [-0.25, -0.2) is 14.6 Å². The Hall–Kier alpha value is -4.06. The summed E-state index contributed by atoms with van der Waals surface area (Å²) in [5.74, 6) is 2.54. The third-order valence-corrected chi connectivity index (χ3v) is 7.08. The maximum atomic E-state index is 6.28. The van der Waals surface area contributed by atoms with Crippen molar-refractivity contribution >= 4 is 28.2 Å². The first-order chi connectivity index (χ1) is 18.7. The van der Waals surface area contributed by atoms with Gasteiger partial charge < -0.3 is 19.9 Å². The van der Waals surface area contributed by atoms with Crippen LogP contribution in [0.4, 0.5) is 5.82 Å². The van der Waals surface area contributed by atoms with Gasteiger partial charge in [0.2, 0.25) is 0 Å². The molecule has 11 heteroatoms. The Labute approximate surface area is 223 Å². The molecule has 6 rings (SSSR count). The first kappa shape index (κ1) is 24.3. The largest absolute Gasteiger partial charge is 0.488 e. The van der Waals surface area contributed by atoms with Crippen molar-refractivity contribution in [2.45, 2.75) is 13.2 Å². The number of hydrogen-bond donors (Lipinski definition) is 1. The molecule has 1 aliphatic heterocycles. The van der Waals surface area contributed by atoms with Gasteiger partial charge in [0, 0.05) is 37.5 Å². The van der Waals surface area contributed by atoms with Gasteiger partial charge in [0.15, 0.2) is 5.65 Å². The summed E-state index contributed by atoms with van der Waals surface area (Å²) in [6.07, 6.45) is 3.29. The molecule has 3 aromatic heterocycles. The summed E-state index contributed by atoms with van der Waals surface area (Å²) < 4.78 is 19.3. The zero-order valence-electron chi connectivity index (χ0n) is 20.7. The summed E-state index contributed by atoms with van der Waals surface area (Å²) in [6, 6.07) is 15.4. The van der Waals surface area contributed by atoms with E-state index < -0.39 is 0 Å². The van der Waals surface area contributed by atoms with Crippen molar-refractivity contribution in [1.82, 2.24) is 29.6 Å². The summed E-state index contributed by atoms with van der Waals surface area (Å²) in [6.45, 7) is 5.41. The number of benzene rings is 2. The molecule has 0 aliphatic carbocycles. The molecule has 4 heterocycles. The van der Waals surface area contributed by atoms with E-state index in [0.29, 0.717) is 30.5 Å². The van der Waals surface area contributed by atoms with Gasteiger partial charge in [-0.05, 0) is 36.4 Å². The normalized spacial score (nSPS) is 14.1. The molecule has 5 aromatic rings. The molecule has 38 heavy (non-hydrogen) atoms. The lowest BCUT2D eigenvalue weighted by Crippen LogP contribution is -2.38. The lowest BCUT2D eigenvalue weighted by Gasteiger charge is -2.26. The van der Waals surface area contributed by atoms with E-state index in [9.17, 15) is 0 Å². The van der Waals surface area contributed by atoms with Crippen molar-refractivity contribution in [1.29, 1.82) is 0 Å². The van der Waals surface area contributed by atoms with Gasteiger partial charge in [-0.15, -0.1) is 11.3 Å². The fraction of sp³-hybridized carbons (Fsp3) is 0.259. The van der Waals surface area contributed by atoms with Crippen LogP contribution in [0.2, 0.25) is 0 Å². The highest BCUT2D eigenvalue weighted by Crippen LogP contribution is 2.32. The molecule has 0 bridgehead atoms. The number of fused-ring (bicyclic) bond motifs is 1. The first-order valence-electron chi connectivity index (χ1n) is 12.4. The molecule has 0 saturated carbocycles. The van der Waals surface area contributed by atoms with Gasteiger partial charge >= 0.3 is 0 Å². The molecule has 194 valence electrons. The predicted molar refractivity (Wildman–Crippen MR) is 145 cm³/mol. The topological polar surface area (TPSA) is 113 Å². The van der Waals surface area contributed by atoms with Crippen LogP contribution in [0.3, 0.4) is 0 Å². The molecule has 0 amide bonds. The summed E-state index contributed by atoms with van der Waals surface area (Å²) in [5.41, 5.74) is 10.5. The molecular weight excluding hydrogens is 502 g/mol. The van der Waals surface area contributed by atoms with Crippen LogP contribution >= 0.6 is 11.3 Å². The standard InChI is InChI=1S/C27H27N7O3S/c28-26-24-25(32-34(27(24)31-17-30-26)9-8-33-10-12-35-13-11-33)19-4-6-20(7-5-19)37-22-3-1-2-21(14-22)36-16-23-15-29-18-38-23/h1-7,14-15,17-18H,8-13,16H2,(H2,28,30,31). The molecule has 0 unspecified atom stereocenters. The maximum absolute atomic E-state index is 6.28. The van der Waals surface area contributed by atoms with Crippen molar-refractivity contribution in [2.75, 3.05) is 38.6 Å². The fourth-order valence-corrected chi connectivity index (χ4v) is 4.87. The van der Waals surface area contributed by atoms with Gasteiger partial charge in [-0.3, -0.25) is 9.88 Å². The van der Waals surface area contributed by atoms with Crippen molar-refractivity contribution in [3.8, 4) is 28.5 Å². The average molecular weight is 530 g/mol. The van der Waals surface area contributed by atoms with E-state index in [-0.39, 0.29) is 0 Å². The van der Waals surface area contributed by atoms with E-state index in [4.69, 9.17) is 25.0 Å². The second-order valence-corrected chi connectivity index (χ2v) is 9.81. The highest BCUT2D eigenvalue weighted by atomic mass is 32.1. The Morgan fingerprint density at radius 3 is 2.63 bits per heavy atom. The molecular formula is C27H27N7O3S. The predicted octanol–water partition coefficient (Wildman–Crippen LogP) is 4.24. The van der Waals surface area contributed by atoms with Crippen molar-refractivity contribution in [3.63, 3.8) is 0 Å². The maximum Gasteiger partial charge on any atom is 0.164 e. The number of hydrogen-bond acceptors (Lipinski definition) is 10. The van der Waals surface area contributed by atoms with Gasteiger partial charge in [-0.1, -0.05) is 6.07 Å². The zero-order chi connectivity index (χ0) is 25.7. The molecule has 0 spiro atoms. The summed E-state index contributed by atoms with van der Waals surface area (Å²) in [5, 5.41) is 5.65. The second kappa shape index (κ2) is 11.1. The van der Waals surface area contributed by atoms with Gasteiger partial charge in [-0.2, -0.15) is 5.10 Å². The SMILES string of the molecule is Nc1ncnc2c1c(-c1ccc(Oc3cccc(OCc4cncs4)c3)cc1)nn2CCN1CCOCC1. The van der Waals surface area contributed by atoms with E-state index in [0.717, 1.165) is 65.8 Å². The molecule has 2 aromatic carbocycles. The van der Waals surface area contributed by atoms with Crippen LogP contribution in [0.1, 0.15) is 4.88 Å². The third-order valence-electron chi connectivity index (χ3n) is 6.32. The number of anilines is 1. The van der Waals surface area contributed by atoms with E-state index in [1.165, 1.54) is 6.33 Å². The number of ether oxygens (including phenoxy) is 3. The Balaban J connectivity index is 1.18. The zero-order valence-corrected chi connectivity index (χ0v) is 21.5.